The van der Waals surface area contributed by atoms with Gasteiger partial charge in [0.1, 0.15) is 12.4 Å². The van der Waals surface area contributed by atoms with Crippen molar-refractivity contribution in [1.29, 1.82) is 5.26 Å². The fourth-order valence-corrected chi connectivity index (χ4v) is 6.26. The summed E-state index contributed by atoms with van der Waals surface area (Å²) in [5, 5.41) is 17.7. The molecule has 1 amide bonds. The summed E-state index contributed by atoms with van der Waals surface area (Å²) in [6, 6.07) is 25.5. The van der Waals surface area contributed by atoms with Gasteiger partial charge in [0, 0.05) is 42.7 Å². The zero-order valence-electron chi connectivity index (χ0n) is 32.1. The van der Waals surface area contributed by atoms with E-state index in [1.165, 1.54) is 0 Å². The van der Waals surface area contributed by atoms with Crippen LogP contribution >= 0.6 is 0 Å². The van der Waals surface area contributed by atoms with Gasteiger partial charge in [-0.15, -0.1) is 0 Å². The number of nitrogens with zero attached hydrogens (tertiary/aromatic N) is 4. The quantitative estimate of drug-likeness (QED) is 0.0818. The molecule has 1 N–H and O–H groups in total. The van der Waals surface area contributed by atoms with Crippen molar-refractivity contribution in [2.75, 3.05) is 96.1 Å². The van der Waals surface area contributed by atoms with Crippen molar-refractivity contribution in [3.05, 3.63) is 90.1 Å². The Bertz CT molecular complexity index is 1780. The molecule has 1 aliphatic heterocycles. The van der Waals surface area contributed by atoms with Gasteiger partial charge < -0.3 is 43.4 Å². The van der Waals surface area contributed by atoms with Crippen LogP contribution in [0.15, 0.2) is 79.0 Å². The fourth-order valence-electron chi connectivity index (χ4n) is 6.26. The predicted molar refractivity (Wildman–Crippen MR) is 210 cm³/mol. The number of hydrogen-bond acceptors (Lipinski definition) is 11. The number of carbonyl (C=O) groups is 1. The number of benzene rings is 3. The third-order valence-electron chi connectivity index (χ3n) is 8.92. The number of carbonyl (C=O) groups excluding carboxylic acids is 1. The van der Waals surface area contributed by atoms with E-state index in [1.54, 1.807) is 19.1 Å². The molecule has 1 aromatic heterocycles. The lowest BCUT2D eigenvalue weighted by molar-refractivity contribution is -0.117. The first kappa shape index (κ1) is 41.4. The van der Waals surface area contributed by atoms with Crippen molar-refractivity contribution in [3.8, 4) is 28.8 Å². The molecule has 2 heterocycles. The van der Waals surface area contributed by atoms with Crippen LogP contribution in [0.4, 0.5) is 11.4 Å². The highest BCUT2D eigenvalue weighted by molar-refractivity contribution is 5.94. The molecule has 0 fully saturated rings. The van der Waals surface area contributed by atoms with Gasteiger partial charge in [0.2, 0.25) is 5.91 Å². The van der Waals surface area contributed by atoms with E-state index in [9.17, 15) is 10.1 Å². The molecule has 0 saturated carbocycles. The molecule has 0 bridgehead atoms. The SMILES string of the molecule is CCOCCOCCOCCOCCOCCOCCOc1ccc(-n2ccc(-c3ccc4c(c3)[C@H](Nc3ccc(C#N)cc3)C[C@H](C)N4C(C)=O)n2)cc1. The molecule has 13 nitrogen and oxygen atoms in total. The number of hydrogen-bond donors (Lipinski definition) is 1. The molecule has 2 atom stereocenters. The Morgan fingerprint density at radius 3 is 1.93 bits per heavy atom. The Kier molecular flexibility index (Phi) is 16.9. The summed E-state index contributed by atoms with van der Waals surface area (Å²) in [4.78, 5) is 14.5. The standard InChI is InChI=1S/C42H53N5O8/c1-4-49-17-18-50-19-20-51-21-22-52-23-24-53-25-26-54-27-28-55-38-12-10-37(11-13-38)46-16-15-40(45-46)35-7-14-42-39(30-35)41(29-32(2)47(42)33(3)48)44-36-8-5-34(31-43)6-9-36/h5-16,30,32,41,44H,4,17-29H2,1-3H3/t32-,41+/m0/s1. The number of anilines is 2. The van der Waals surface area contributed by atoms with Crippen LogP contribution in [-0.4, -0.2) is 108 Å². The number of nitriles is 1. The van der Waals surface area contributed by atoms with Gasteiger partial charge in [-0.25, -0.2) is 4.68 Å². The van der Waals surface area contributed by atoms with E-state index in [1.807, 2.05) is 77.3 Å². The second kappa shape index (κ2) is 22.5. The van der Waals surface area contributed by atoms with Crippen molar-refractivity contribution in [3.63, 3.8) is 0 Å². The second-order valence-electron chi connectivity index (χ2n) is 12.9. The Balaban J connectivity index is 1.01. The number of ether oxygens (including phenoxy) is 7. The zero-order valence-corrected chi connectivity index (χ0v) is 32.1. The lowest BCUT2D eigenvalue weighted by atomic mass is 9.89. The summed E-state index contributed by atoms with van der Waals surface area (Å²) in [7, 11) is 0. The van der Waals surface area contributed by atoms with Crippen molar-refractivity contribution in [1.82, 2.24) is 9.78 Å². The topological polar surface area (TPSA) is 139 Å². The van der Waals surface area contributed by atoms with Crippen LogP contribution in [-0.2, 0) is 33.2 Å². The molecular formula is C42H53N5O8. The van der Waals surface area contributed by atoms with Gasteiger partial charge in [-0.1, -0.05) is 6.07 Å². The van der Waals surface area contributed by atoms with E-state index >= 15 is 0 Å². The number of fused-ring (bicyclic) bond motifs is 1. The molecule has 4 aromatic rings. The molecule has 55 heavy (non-hydrogen) atoms. The monoisotopic (exact) mass is 755 g/mol. The van der Waals surface area contributed by atoms with Crippen molar-refractivity contribution >= 4 is 17.3 Å². The van der Waals surface area contributed by atoms with Gasteiger partial charge in [0.15, 0.2) is 0 Å². The van der Waals surface area contributed by atoms with Crippen LogP contribution in [0.25, 0.3) is 16.9 Å². The molecule has 13 heteroatoms. The van der Waals surface area contributed by atoms with Crippen LogP contribution in [0, 0.1) is 11.3 Å². The first-order valence-electron chi connectivity index (χ1n) is 18.9. The van der Waals surface area contributed by atoms with E-state index in [0.29, 0.717) is 91.5 Å². The van der Waals surface area contributed by atoms with E-state index in [-0.39, 0.29) is 18.0 Å². The number of rotatable bonds is 24. The second-order valence-corrected chi connectivity index (χ2v) is 12.9. The maximum absolute atomic E-state index is 12.7. The molecule has 0 unspecified atom stereocenters. The average Bonchev–Trinajstić information content (AvgIpc) is 3.70. The Morgan fingerprint density at radius 2 is 1.36 bits per heavy atom. The Hall–Kier alpha value is -4.81. The van der Waals surface area contributed by atoms with Gasteiger partial charge in [-0.2, -0.15) is 10.4 Å². The summed E-state index contributed by atoms with van der Waals surface area (Å²) in [6.45, 7) is 12.5. The summed E-state index contributed by atoms with van der Waals surface area (Å²) >= 11 is 0. The highest BCUT2D eigenvalue weighted by Crippen LogP contribution is 2.41. The minimum Gasteiger partial charge on any atom is -0.491 e. The zero-order chi connectivity index (χ0) is 38.7. The number of aromatic nitrogens is 2. The highest BCUT2D eigenvalue weighted by Gasteiger charge is 2.33. The van der Waals surface area contributed by atoms with Crippen LogP contribution in [0.5, 0.6) is 5.75 Å². The predicted octanol–water partition coefficient (Wildman–Crippen LogP) is 6.21. The summed E-state index contributed by atoms with van der Waals surface area (Å²) in [6.07, 6.45) is 2.67. The van der Waals surface area contributed by atoms with E-state index in [2.05, 4.69) is 24.4 Å². The van der Waals surface area contributed by atoms with Crippen molar-refractivity contribution < 1.29 is 38.0 Å². The number of amides is 1. The molecule has 3 aromatic carbocycles. The normalized spacial score (nSPS) is 15.1. The first-order chi connectivity index (χ1) is 27.0. The minimum absolute atomic E-state index is 0.00982. The van der Waals surface area contributed by atoms with E-state index < -0.39 is 0 Å². The third kappa shape index (κ3) is 12.9. The van der Waals surface area contributed by atoms with Gasteiger partial charge in [-0.05, 0) is 92.6 Å². The largest absolute Gasteiger partial charge is 0.491 e. The maximum Gasteiger partial charge on any atom is 0.224 e. The molecule has 0 saturated heterocycles. The first-order valence-corrected chi connectivity index (χ1v) is 18.9. The van der Waals surface area contributed by atoms with Crippen molar-refractivity contribution in [2.45, 2.75) is 39.3 Å². The van der Waals surface area contributed by atoms with Crippen LogP contribution < -0.4 is 15.0 Å². The van der Waals surface area contributed by atoms with Gasteiger partial charge in [-0.3, -0.25) is 4.79 Å². The average molecular weight is 756 g/mol. The van der Waals surface area contributed by atoms with Gasteiger partial charge in [0.05, 0.1) is 102 Å². The molecule has 0 aliphatic carbocycles. The summed E-state index contributed by atoms with van der Waals surface area (Å²) in [5.41, 5.74) is 6.11. The Labute approximate surface area is 324 Å². The maximum atomic E-state index is 12.7. The van der Waals surface area contributed by atoms with Crippen LogP contribution in [0.3, 0.4) is 0 Å². The van der Waals surface area contributed by atoms with E-state index in [0.717, 1.165) is 46.1 Å². The molecule has 0 spiro atoms. The molecule has 1 aliphatic rings. The van der Waals surface area contributed by atoms with Gasteiger partial charge in [0.25, 0.3) is 0 Å². The third-order valence-corrected chi connectivity index (χ3v) is 8.92. The highest BCUT2D eigenvalue weighted by atomic mass is 16.6. The Morgan fingerprint density at radius 1 is 0.782 bits per heavy atom. The fraction of sp³-hybridized carbons (Fsp3) is 0.452. The molecule has 294 valence electrons. The van der Waals surface area contributed by atoms with Crippen LogP contribution in [0.1, 0.15) is 44.4 Å². The molecule has 0 radical (unpaired) electrons. The van der Waals surface area contributed by atoms with Gasteiger partial charge >= 0.3 is 0 Å². The number of nitrogens with one attached hydrogen (secondary N) is 1. The smallest absolute Gasteiger partial charge is 0.224 e. The minimum atomic E-state index is -0.0308. The lowest BCUT2D eigenvalue weighted by Crippen LogP contribution is -2.43. The van der Waals surface area contributed by atoms with Crippen LogP contribution in [0.2, 0.25) is 0 Å². The molecular weight excluding hydrogens is 702 g/mol. The van der Waals surface area contributed by atoms with Crippen molar-refractivity contribution in [2.24, 2.45) is 0 Å². The summed E-state index contributed by atoms with van der Waals surface area (Å²) in [5.74, 6) is 0.751. The lowest BCUT2D eigenvalue weighted by Gasteiger charge is -2.39. The molecule has 5 rings (SSSR count). The van der Waals surface area contributed by atoms with E-state index in [4.69, 9.17) is 38.3 Å². The summed E-state index contributed by atoms with van der Waals surface area (Å²) < 4.78 is 40.4.